The second-order valence-corrected chi connectivity index (χ2v) is 6.37. The van der Waals surface area contributed by atoms with Gasteiger partial charge >= 0.3 is 7.25 Å². The minimum absolute atomic E-state index is 0.583. The van der Waals surface area contributed by atoms with Crippen molar-refractivity contribution in [3.63, 3.8) is 0 Å². The van der Waals surface area contributed by atoms with Crippen LogP contribution in [-0.2, 0) is 0 Å². The monoisotopic (exact) mass is 354 g/mol. The van der Waals surface area contributed by atoms with Gasteiger partial charge in [-0.3, -0.25) is 0 Å². The van der Waals surface area contributed by atoms with E-state index in [4.69, 9.17) is 5.10 Å². The fourth-order valence-electron chi connectivity index (χ4n) is 2.22. The van der Waals surface area contributed by atoms with Crippen LogP contribution in [0.25, 0.3) is 10.8 Å². The number of hydrogen-bond acceptors (Lipinski definition) is 1. The minimum Gasteiger partial charge on any atom is -0.418 e. The summed E-state index contributed by atoms with van der Waals surface area (Å²) in [5, 5.41) is 7.36. The van der Waals surface area contributed by atoms with Gasteiger partial charge in [-0.25, -0.2) is 4.59 Å². The maximum Gasteiger partial charge on any atom is 0.673 e. The number of halogens is 4. The molecule has 0 saturated heterocycles. The van der Waals surface area contributed by atoms with E-state index in [-0.39, 0.29) is 0 Å². The van der Waals surface area contributed by atoms with Gasteiger partial charge in [0, 0.05) is 5.56 Å². The predicted molar refractivity (Wildman–Crippen MR) is 98.1 cm³/mol. The molecule has 0 aliphatic carbocycles. The van der Waals surface area contributed by atoms with Crippen molar-refractivity contribution in [1.29, 1.82) is 0 Å². The van der Waals surface area contributed by atoms with E-state index < -0.39 is 7.25 Å². The third kappa shape index (κ3) is 9.05. The third-order valence-electron chi connectivity index (χ3n) is 3.09. The molecule has 0 aliphatic rings. The van der Waals surface area contributed by atoms with Crippen LogP contribution >= 0.6 is 0 Å². The van der Waals surface area contributed by atoms with E-state index in [9.17, 15) is 17.3 Å². The molecule has 0 spiro atoms. The molecule has 2 nitrogen and oxygen atoms in total. The molecule has 2 aromatic carbocycles. The Morgan fingerprint density at radius 1 is 1.04 bits per heavy atom. The predicted octanol–water partition coefficient (Wildman–Crippen LogP) is 5.52. The van der Waals surface area contributed by atoms with Crippen LogP contribution in [0.5, 0.6) is 0 Å². The van der Waals surface area contributed by atoms with Crippen LogP contribution in [0.15, 0.2) is 60.2 Å². The zero-order chi connectivity index (χ0) is 19.1. The number of benzene rings is 2. The first-order chi connectivity index (χ1) is 11.5. The molecular weight excluding hydrogens is 331 g/mol. The largest absolute Gasteiger partial charge is 0.673 e. The van der Waals surface area contributed by atoms with Gasteiger partial charge in [-0.1, -0.05) is 47.6 Å². The highest BCUT2D eigenvalue weighted by Crippen LogP contribution is 2.18. The molecule has 2 rings (SSSR count). The van der Waals surface area contributed by atoms with Crippen molar-refractivity contribution in [2.24, 2.45) is 5.10 Å². The number of allylic oxidation sites excluding steroid dienone is 1. The van der Waals surface area contributed by atoms with Gasteiger partial charge in [0.2, 0.25) is 0 Å². The van der Waals surface area contributed by atoms with Crippen molar-refractivity contribution in [2.45, 2.75) is 12.8 Å². The summed E-state index contributed by atoms with van der Waals surface area (Å²) in [4.78, 5) is 0. The zero-order valence-electron chi connectivity index (χ0n) is 14.7. The van der Waals surface area contributed by atoms with Crippen LogP contribution < -0.4 is 0 Å². The lowest BCUT2D eigenvalue weighted by molar-refractivity contribution is -0.877. The van der Waals surface area contributed by atoms with Gasteiger partial charge in [0.25, 0.3) is 0 Å². The lowest BCUT2D eigenvalue weighted by Crippen LogP contribution is -2.29. The Hall–Kier alpha value is -2.15. The average Bonchev–Trinajstić information content (AvgIpc) is 2.48. The van der Waals surface area contributed by atoms with E-state index in [1.165, 1.54) is 16.3 Å². The lowest BCUT2D eigenvalue weighted by atomic mass is 10.0. The van der Waals surface area contributed by atoms with Gasteiger partial charge in [0.1, 0.15) is 5.71 Å². The van der Waals surface area contributed by atoms with E-state index in [2.05, 4.69) is 70.2 Å². The molecule has 0 radical (unpaired) electrons. The summed E-state index contributed by atoms with van der Waals surface area (Å²) >= 11 is 0. The van der Waals surface area contributed by atoms with Crippen LogP contribution in [0.3, 0.4) is 0 Å². The quantitative estimate of drug-likeness (QED) is 0.168. The average molecular weight is 354 g/mol. The topological polar surface area (TPSA) is 12.4 Å². The summed E-state index contributed by atoms with van der Waals surface area (Å²) in [7, 11) is 0.235. The maximum atomic E-state index is 9.75. The van der Waals surface area contributed by atoms with Gasteiger partial charge in [-0.2, -0.15) is 0 Å². The summed E-state index contributed by atoms with van der Waals surface area (Å²) in [6, 6.07) is 15.0. The van der Waals surface area contributed by atoms with Crippen molar-refractivity contribution in [3.05, 3.63) is 60.7 Å². The number of quaternary nitrogens is 1. The highest BCUT2D eigenvalue weighted by Gasteiger charge is 2.20. The van der Waals surface area contributed by atoms with Crippen LogP contribution in [-0.4, -0.2) is 38.7 Å². The highest BCUT2D eigenvalue weighted by molar-refractivity contribution is 6.50. The first kappa shape index (κ1) is 20.9. The zero-order valence-corrected chi connectivity index (χ0v) is 14.7. The summed E-state index contributed by atoms with van der Waals surface area (Å²) < 4.78 is 39.6. The maximum absolute atomic E-state index is 9.75. The molecule has 7 heteroatoms. The van der Waals surface area contributed by atoms with Gasteiger partial charge in [0.05, 0.1) is 21.1 Å². The number of nitrogens with zero attached hydrogens (tertiary/aromatic N) is 2. The van der Waals surface area contributed by atoms with Gasteiger partial charge in [-0.15, -0.1) is 6.58 Å². The van der Waals surface area contributed by atoms with E-state index in [0.29, 0.717) is 4.59 Å². The van der Waals surface area contributed by atoms with Crippen molar-refractivity contribution >= 4 is 23.7 Å². The molecule has 0 heterocycles. The standard InChI is InChI=1S/C18H23N2.BF4/c1-5-6-11-18(19-20(2,3)4)17-13-12-15-9-7-8-10-16(15)14-17;2-1(3,4)5/h5,7-10,12-14H,1,6,11H2,2-4H3;/q+1;-1/b19-18+;. The van der Waals surface area contributed by atoms with Crippen LogP contribution in [0.2, 0.25) is 0 Å². The van der Waals surface area contributed by atoms with E-state index in [0.717, 1.165) is 18.6 Å². The van der Waals surface area contributed by atoms with Gasteiger partial charge < -0.3 is 17.3 Å². The SMILES string of the molecule is C=CCC/C(=N\[N+](C)(C)C)c1ccc2ccccc2c1.F[B-](F)(F)F. The molecule has 0 bridgehead atoms. The Labute approximate surface area is 146 Å². The molecule has 0 aliphatic heterocycles. The van der Waals surface area contributed by atoms with Crippen LogP contribution in [0, 0.1) is 0 Å². The highest BCUT2D eigenvalue weighted by atomic mass is 19.5. The second kappa shape index (κ2) is 8.81. The first-order valence-corrected chi connectivity index (χ1v) is 7.87. The summed E-state index contributed by atoms with van der Waals surface area (Å²) in [5.74, 6) is 0. The van der Waals surface area contributed by atoms with E-state index in [1.54, 1.807) is 0 Å². The summed E-state index contributed by atoms with van der Waals surface area (Å²) in [6.07, 6.45) is 3.83. The third-order valence-corrected chi connectivity index (χ3v) is 3.09. The molecule has 0 saturated carbocycles. The summed E-state index contributed by atoms with van der Waals surface area (Å²) in [6.45, 7) is 3.81. The molecule has 0 aromatic heterocycles. The van der Waals surface area contributed by atoms with Crippen molar-refractivity contribution in [2.75, 3.05) is 21.1 Å². The van der Waals surface area contributed by atoms with Crippen molar-refractivity contribution in [1.82, 2.24) is 0 Å². The smallest absolute Gasteiger partial charge is 0.418 e. The Morgan fingerprint density at radius 2 is 1.60 bits per heavy atom. The Bertz CT molecular complexity index is 728. The van der Waals surface area contributed by atoms with Gasteiger partial charge in [0.15, 0.2) is 0 Å². The molecule has 0 unspecified atom stereocenters. The Kier molecular flexibility index (Phi) is 7.36. The number of hydrogen-bond donors (Lipinski definition) is 0. The second-order valence-electron chi connectivity index (χ2n) is 6.37. The van der Waals surface area contributed by atoms with Crippen molar-refractivity contribution < 1.29 is 21.9 Å². The normalized spacial score (nSPS) is 12.5. The van der Waals surface area contributed by atoms with E-state index in [1.807, 2.05) is 6.08 Å². The minimum atomic E-state index is -6.00. The molecular formula is C18H23BF4N2. The summed E-state index contributed by atoms with van der Waals surface area (Å²) in [5.41, 5.74) is 2.35. The lowest BCUT2D eigenvalue weighted by Gasteiger charge is -2.18. The van der Waals surface area contributed by atoms with Crippen molar-refractivity contribution in [3.8, 4) is 0 Å². The molecule has 25 heavy (non-hydrogen) atoms. The molecule has 0 atom stereocenters. The molecule has 136 valence electrons. The molecule has 0 amide bonds. The Morgan fingerprint density at radius 3 is 2.12 bits per heavy atom. The van der Waals surface area contributed by atoms with Crippen LogP contribution in [0.4, 0.5) is 17.3 Å². The number of rotatable bonds is 5. The fraction of sp³-hybridized carbons (Fsp3) is 0.278. The first-order valence-electron chi connectivity index (χ1n) is 7.87. The number of fused-ring (bicyclic) bond motifs is 1. The van der Waals surface area contributed by atoms with Gasteiger partial charge in [-0.05, 0) is 29.7 Å². The molecule has 2 aromatic rings. The van der Waals surface area contributed by atoms with Crippen LogP contribution in [0.1, 0.15) is 18.4 Å². The fourth-order valence-corrected chi connectivity index (χ4v) is 2.22. The molecule has 0 N–H and O–H groups in total. The Balaban J connectivity index is 0.000000550. The van der Waals surface area contributed by atoms with E-state index >= 15 is 0 Å². The molecule has 0 fully saturated rings.